The van der Waals surface area contributed by atoms with E-state index in [9.17, 15) is 9.59 Å². The van der Waals surface area contributed by atoms with Gasteiger partial charge in [-0.15, -0.1) is 0 Å². The van der Waals surface area contributed by atoms with Crippen molar-refractivity contribution in [2.24, 2.45) is 5.92 Å². The van der Waals surface area contributed by atoms with Gasteiger partial charge in [-0.1, -0.05) is 45.4 Å². The number of carboxylic acids is 2. The quantitative estimate of drug-likeness (QED) is 0.452. The number of carboxylic acid groups (broad SMARTS) is 2. The van der Waals surface area contributed by atoms with Crippen LogP contribution in [0.2, 0.25) is 0 Å². The Bertz CT molecular complexity index is 231. The van der Waals surface area contributed by atoms with Crippen LogP contribution in [0.15, 0.2) is 0 Å². The molecule has 0 rings (SSSR count). The van der Waals surface area contributed by atoms with E-state index in [1.807, 2.05) is 0 Å². The van der Waals surface area contributed by atoms with E-state index in [1.54, 1.807) is 0 Å². The van der Waals surface area contributed by atoms with E-state index in [2.05, 4.69) is 6.92 Å². The summed E-state index contributed by atoms with van der Waals surface area (Å²) in [6.07, 6.45) is 7.55. The van der Waals surface area contributed by atoms with Gasteiger partial charge in [0, 0.05) is 6.42 Å². The Morgan fingerprint density at radius 3 is 2.00 bits per heavy atom. The van der Waals surface area contributed by atoms with E-state index in [4.69, 9.17) is 10.2 Å². The Labute approximate surface area is 152 Å². The molecule has 4 nitrogen and oxygen atoms in total. The fraction of sp³-hybridized carbons (Fsp3) is 0.846. The van der Waals surface area contributed by atoms with Gasteiger partial charge in [0.15, 0.2) is 0 Å². The molecule has 0 radical (unpaired) electrons. The Hall–Kier alpha value is 0.576. The number of rotatable bonds is 11. The molecule has 0 aliphatic carbocycles. The van der Waals surface area contributed by atoms with Crippen molar-refractivity contribution in [1.29, 1.82) is 0 Å². The average molecular weight is 284 g/mol. The molecule has 1 unspecified atom stereocenters. The zero-order valence-electron chi connectivity index (χ0n) is 10.7. The zero-order chi connectivity index (χ0) is 13.1. The molecule has 0 bridgehead atoms. The van der Waals surface area contributed by atoms with Crippen molar-refractivity contribution in [2.45, 2.75) is 64.7 Å². The first kappa shape index (κ1) is 20.9. The van der Waals surface area contributed by atoms with E-state index < -0.39 is 17.9 Å². The molecule has 0 aromatic carbocycles. The van der Waals surface area contributed by atoms with Crippen molar-refractivity contribution in [1.82, 2.24) is 0 Å². The van der Waals surface area contributed by atoms with E-state index >= 15 is 0 Å². The normalized spacial score (nSPS) is 11.6. The monoisotopic (exact) mass is 284 g/mol. The Morgan fingerprint density at radius 2 is 1.50 bits per heavy atom. The third kappa shape index (κ3) is 13.0. The summed E-state index contributed by atoms with van der Waals surface area (Å²) in [5.74, 6) is -2.27. The van der Waals surface area contributed by atoms with Gasteiger partial charge in [0.1, 0.15) is 0 Å². The number of hydrogen-bond donors (Lipinski definition) is 2. The van der Waals surface area contributed by atoms with Crippen molar-refractivity contribution in [3.63, 3.8) is 0 Å². The molecule has 0 aromatic rings. The minimum absolute atomic E-state index is 0. The van der Waals surface area contributed by atoms with Gasteiger partial charge in [0.2, 0.25) is 0 Å². The molecule has 18 heavy (non-hydrogen) atoms. The number of hydrogen-bond acceptors (Lipinski definition) is 2. The first-order chi connectivity index (χ1) is 8.07. The summed E-state index contributed by atoms with van der Waals surface area (Å²) < 4.78 is 0. The van der Waals surface area contributed by atoms with Crippen LogP contribution in [0, 0.1) is 5.92 Å². The topological polar surface area (TPSA) is 74.6 Å². The zero-order valence-corrected chi connectivity index (χ0v) is 10.7. The fourth-order valence-corrected chi connectivity index (χ4v) is 1.86. The molecule has 0 aromatic heterocycles. The van der Waals surface area contributed by atoms with Crippen LogP contribution < -0.4 is 0 Å². The third-order valence-electron chi connectivity index (χ3n) is 2.96. The molecule has 0 fully saturated rings. The Kier molecular flexibility index (Phi) is 16.2. The molecule has 0 spiro atoms. The van der Waals surface area contributed by atoms with E-state index in [1.165, 1.54) is 19.3 Å². The number of aliphatic carboxylic acids is 2. The van der Waals surface area contributed by atoms with E-state index in [0.717, 1.165) is 19.3 Å². The molecule has 0 saturated carbocycles. The van der Waals surface area contributed by atoms with Gasteiger partial charge >= 0.3 is 63.3 Å². The van der Waals surface area contributed by atoms with Crippen LogP contribution in [0.5, 0.6) is 0 Å². The van der Waals surface area contributed by atoms with Gasteiger partial charge in [-0.2, -0.15) is 0 Å². The predicted octanol–water partition coefficient (Wildman–Crippen LogP) is 2.65. The second kappa shape index (κ2) is 14.0. The summed E-state index contributed by atoms with van der Waals surface area (Å²) >= 11 is 0. The van der Waals surface area contributed by atoms with Gasteiger partial charge in [0.05, 0.1) is 5.92 Å². The Balaban J connectivity index is 0. The van der Waals surface area contributed by atoms with Crippen molar-refractivity contribution in [3.8, 4) is 0 Å². The van der Waals surface area contributed by atoms with Gasteiger partial charge in [0.25, 0.3) is 0 Å². The predicted molar refractivity (Wildman–Crippen MR) is 73.1 cm³/mol. The molecule has 0 aliphatic heterocycles. The first-order valence-electron chi connectivity index (χ1n) is 6.52. The van der Waals surface area contributed by atoms with Crippen LogP contribution in [0.1, 0.15) is 64.7 Å². The molecule has 0 amide bonds. The fourth-order valence-electron chi connectivity index (χ4n) is 1.86. The maximum absolute atomic E-state index is 10.9. The molecular weight excluding hydrogens is 259 g/mol. The molecule has 5 heteroatoms. The van der Waals surface area contributed by atoms with Crippen LogP contribution >= 0.6 is 0 Å². The van der Waals surface area contributed by atoms with Crippen LogP contribution in [0.3, 0.4) is 0 Å². The van der Waals surface area contributed by atoms with Crippen molar-refractivity contribution in [2.75, 3.05) is 0 Å². The van der Waals surface area contributed by atoms with Crippen LogP contribution in [-0.2, 0) is 9.59 Å². The van der Waals surface area contributed by atoms with E-state index in [-0.39, 0.29) is 64.2 Å². The van der Waals surface area contributed by atoms with Crippen molar-refractivity contribution >= 4 is 63.3 Å². The third-order valence-corrected chi connectivity index (χ3v) is 2.96. The standard InChI is InChI=1S/C13H24O4.K.H/c1-2-3-4-5-6-7-8-11(13(16)17)9-10-12(14)15;;/h11H,2-10H2,1H3,(H,14,15)(H,16,17);;. The number of carbonyl (C=O) groups is 2. The number of unbranched alkanes of at least 4 members (excludes halogenated alkanes) is 5. The molecule has 1 atom stereocenters. The summed E-state index contributed by atoms with van der Waals surface area (Å²) in [5.41, 5.74) is 0. The summed E-state index contributed by atoms with van der Waals surface area (Å²) in [7, 11) is 0. The van der Waals surface area contributed by atoms with Crippen molar-refractivity contribution in [3.05, 3.63) is 0 Å². The summed E-state index contributed by atoms with van der Waals surface area (Å²) in [6.45, 7) is 2.16. The van der Waals surface area contributed by atoms with E-state index in [0.29, 0.717) is 6.42 Å². The van der Waals surface area contributed by atoms with Crippen LogP contribution in [0.25, 0.3) is 0 Å². The van der Waals surface area contributed by atoms with Gasteiger partial charge in [-0.25, -0.2) is 0 Å². The first-order valence-corrected chi connectivity index (χ1v) is 6.52. The molecule has 0 heterocycles. The minimum atomic E-state index is -0.917. The molecule has 0 aliphatic rings. The Morgan fingerprint density at radius 1 is 0.944 bits per heavy atom. The summed E-state index contributed by atoms with van der Waals surface area (Å²) in [6, 6.07) is 0. The van der Waals surface area contributed by atoms with Crippen LogP contribution in [0.4, 0.5) is 0 Å². The molecular formula is C13H25KO4. The van der Waals surface area contributed by atoms with Crippen LogP contribution in [-0.4, -0.2) is 73.5 Å². The average Bonchev–Trinajstić information content (AvgIpc) is 2.26. The second-order valence-corrected chi connectivity index (χ2v) is 4.52. The molecule has 2 N–H and O–H groups in total. The second-order valence-electron chi connectivity index (χ2n) is 4.52. The van der Waals surface area contributed by atoms with Gasteiger partial charge < -0.3 is 10.2 Å². The van der Waals surface area contributed by atoms with Crippen molar-refractivity contribution < 1.29 is 19.8 Å². The molecule has 0 saturated heterocycles. The SMILES string of the molecule is CCCCCCCCC(CCC(=O)O)C(=O)O.[KH]. The maximum atomic E-state index is 10.9. The molecule has 102 valence electrons. The summed E-state index contributed by atoms with van der Waals surface area (Å²) in [5, 5.41) is 17.5. The van der Waals surface area contributed by atoms with Gasteiger partial charge in [-0.05, 0) is 12.8 Å². The summed E-state index contributed by atoms with van der Waals surface area (Å²) in [4.78, 5) is 21.3. The van der Waals surface area contributed by atoms with Gasteiger partial charge in [-0.3, -0.25) is 9.59 Å².